The van der Waals surface area contributed by atoms with Gasteiger partial charge in [0.05, 0.1) is 18.4 Å². The summed E-state index contributed by atoms with van der Waals surface area (Å²) < 4.78 is 44.9. The zero-order valence-electron chi connectivity index (χ0n) is 30.7. The lowest BCUT2D eigenvalue weighted by Gasteiger charge is -2.36. The molecule has 14 nitrogen and oxygen atoms in total. The van der Waals surface area contributed by atoms with Crippen molar-refractivity contribution in [2.45, 2.75) is 116 Å². The Balaban J connectivity index is 1.67. The van der Waals surface area contributed by atoms with Crippen LogP contribution in [-0.2, 0) is 29.1 Å². The minimum absolute atomic E-state index is 0.00506. The van der Waals surface area contributed by atoms with E-state index in [-0.39, 0.29) is 25.3 Å². The van der Waals surface area contributed by atoms with Gasteiger partial charge in [-0.1, -0.05) is 33.8 Å². The van der Waals surface area contributed by atoms with Gasteiger partial charge in [0.1, 0.15) is 35.1 Å². The van der Waals surface area contributed by atoms with Gasteiger partial charge in [0.15, 0.2) is 0 Å². The van der Waals surface area contributed by atoms with Crippen LogP contribution in [0.3, 0.4) is 0 Å². The van der Waals surface area contributed by atoms with Crippen LogP contribution >= 0.6 is 0 Å². The number of alkyl carbamates (subject to hydrolysis) is 1. The molecule has 1 aliphatic carbocycles. The van der Waals surface area contributed by atoms with E-state index in [4.69, 9.17) is 14.2 Å². The quantitative estimate of drug-likeness (QED) is 0.255. The first-order chi connectivity index (χ1) is 23.7. The highest BCUT2D eigenvalue weighted by Gasteiger charge is 2.49. The van der Waals surface area contributed by atoms with Gasteiger partial charge in [0.25, 0.3) is 5.91 Å². The zero-order valence-corrected chi connectivity index (χ0v) is 31.5. The standard InChI is InChI=1S/C36H51N5O9S/c1-10-36(11-2,32(44)40-51(46,47)25-14-15-25)39-29(42)27-20-24(49-30-26-16-13-23(48-12-3)19-22(26)17-18-37-30)21-41(27)31(43)28(34(4,5)6)38-33(45)50-35(7,8)9/h10,13,16-19,24-25,27-28H,1,11-12,14-15,20-21H2,2-9H3,(H,38,45)(H,39,42)(H,40,44)/t24-,27+,28-,36+/m1/s1. The average Bonchev–Trinajstić information content (AvgIpc) is 3.82. The van der Waals surface area contributed by atoms with Crippen LogP contribution in [0.25, 0.3) is 10.8 Å². The smallest absolute Gasteiger partial charge is 0.408 e. The van der Waals surface area contributed by atoms with E-state index < -0.39 is 73.8 Å². The summed E-state index contributed by atoms with van der Waals surface area (Å²) >= 11 is 0. The molecule has 15 heteroatoms. The molecule has 0 spiro atoms. The summed E-state index contributed by atoms with van der Waals surface area (Å²) in [6.07, 6.45) is 2.08. The molecule has 1 saturated carbocycles. The third-order valence-corrected chi connectivity index (χ3v) is 10.6. The number of likely N-dealkylation sites (tertiary alicyclic amines) is 1. The van der Waals surface area contributed by atoms with Gasteiger partial charge in [-0.3, -0.25) is 19.1 Å². The lowest BCUT2D eigenvalue weighted by Crippen LogP contribution is -2.63. The van der Waals surface area contributed by atoms with Crippen LogP contribution in [0.15, 0.2) is 43.1 Å². The Morgan fingerprint density at radius 1 is 1.08 bits per heavy atom. The van der Waals surface area contributed by atoms with E-state index in [0.29, 0.717) is 30.6 Å². The van der Waals surface area contributed by atoms with E-state index in [2.05, 4.69) is 26.9 Å². The zero-order chi connectivity index (χ0) is 37.9. The van der Waals surface area contributed by atoms with Crippen molar-refractivity contribution in [2.24, 2.45) is 5.41 Å². The fourth-order valence-corrected chi connectivity index (χ4v) is 7.19. The van der Waals surface area contributed by atoms with Gasteiger partial charge >= 0.3 is 6.09 Å². The highest BCUT2D eigenvalue weighted by Crippen LogP contribution is 2.33. The maximum atomic E-state index is 14.4. The van der Waals surface area contributed by atoms with Crippen LogP contribution in [0.2, 0.25) is 0 Å². The number of benzene rings is 1. The van der Waals surface area contributed by atoms with Crippen LogP contribution in [0.1, 0.15) is 81.1 Å². The average molecular weight is 730 g/mol. The van der Waals surface area contributed by atoms with Gasteiger partial charge in [-0.2, -0.15) is 0 Å². The van der Waals surface area contributed by atoms with Crippen molar-refractivity contribution in [1.29, 1.82) is 0 Å². The van der Waals surface area contributed by atoms with Gasteiger partial charge in [-0.25, -0.2) is 18.2 Å². The summed E-state index contributed by atoms with van der Waals surface area (Å²) in [5.74, 6) is -1.29. The fourth-order valence-electron chi connectivity index (χ4n) is 5.83. The summed E-state index contributed by atoms with van der Waals surface area (Å²) in [5.41, 5.74) is -3.46. The number of nitrogens with one attached hydrogen (secondary N) is 3. The molecule has 4 rings (SSSR count). The first kappa shape index (κ1) is 39.4. The number of aromatic nitrogens is 1. The number of nitrogens with zero attached hydrogens (tertiary/aromatic N) is 2. The molecular weight excluding hydrogens is 678 g/mol. The van der Waals surface area contributed by atoms with Crippen LogP contribution in [0.5, 0.6) is 11.6 Å². The monoisotopic (exact) mass is 729 g/mol. The molecule has 4 atom stereocenters. The van der Waals surface area contributed by atoms with Crippen LogP contribution in [0.4, 0.5) is 4.79 Å². The molecule has 1 aromatic heterocycles. The van der Waals surface area contributed by atoms with Crippen LogP contribution in [0, 0.1) is 5.41 Å². The number of hydrogen-bond acceptors (Lipinski definition) is 10. The topological polar surface area (TPSA) is 182 Å². The maximum Gasteiger partial charge on any atom is 0.408 e. The van der Waals surface area contributed by atoms with Gasteiger partial charge in [0, 0.05) is 18.0 Å². The summed E-state index contributed by atoms with van der Waals surface area (Å²) in [6, 6.07) is 4.97. The van der Waals surface area contributed by atoms with E-state index in [1.165, 1.54) is 11.0 Å². The third kappa shape index (κ3) is 9.48. The molecule has 280 valence electrons. The minimum Gasteiger partial charge on any atom is -0.494 e. The number of carbonyl (C=O) groups is 4. The Kier molecular flexibility index (Phi) is 11.6. The predicted molar refractivity (Wildman–Crippen MR) is 192 cm³/mol. The van der Waals surface area contributed by atoms with E-state index in [1.54, 1.807) is 60.7 Å². The van der Waals surface area contributed by atoms with Crippen molar-refractivity contribution in [2.75, 3.05) is 13.2 Å². The lowest BCUT2D eigenvalue weighted by atomic mass is 9.85. The molecule has 51 heavy (non-hydrogen) atoms. The molecule has 1 aromatic carbocycles. The van der Waals surface area contributed by atoms with Crippen LogP contribution < -0.4 is 24.8 Å². The van der Waals surface area contributed by atoms with E-state index in [1.807, 2.05) is 25.1 Å². The minimum atomic E-state index is -3.94. The molecule has 0 bridgehead atoms. The second-order valence-corrected chi connectivity index (χ2v) is 17.0. The molecular formula is C36H51N5O9S. The molecule has 1 aliphatic heterocycles. The van der Waals surface area contributed by atoms with Crippen molar-refractivity contribution in [3.8, 4) is 11.6 Å². The molecule has 4 amide bonds. The molecule has 0 unspecified atom stereocenters. The Morgan fingerprint density at radius 2 is 1.76 bits per heavy atom. The van der Waals surface area contributed by atoms with Crippen molar-refractivity contribution >= 4 is 44.6 Å². The first-order valence-electron chi connectivity index (χ1n) is 17.2. The number of ether oxygens (including phenoxy) is 3. The summed E-state index contributed by atoms with van der Waals surface area (Å²) in [6.45, 7) is 18.1. The number of carbonyl (C=O) groups excluding carboxylic acids is 4. The lowest BCUT2D eigenvalue weighted by molar-refractivity contribution is -0.143. The third-order valence-electron chi connectivity index (χ3n) is 8.77. The second-order valence-electron chi connectivity index (χ2n) is 15.1. The molecule has 2 aliphatic rings. The number of fused-ring (bicyclic) bond motifs is 1. The van der Waals surface area contributed by atoms with Crippen molar-refractivity contribution in [3.63, 3.8) is 0 Å². The van der Waals surface area contributed by atoms with Crippen molar-refractivity contribution in [1.82, 2.24) is 25.2 Å². The maximum absolute atomic E-state index is 14.4. The highest BCUT2D eigenvalue weighted by atomic mass is 32.2. The summed E-state index contributed by atoms with van der Waals surface area (Å²) in [4.78, 5) is 60.8. The number of hydrogen-bond donors (Lipinski definition) is 3. The molecule has 0 radical (unpaired) electrons. The molecule has 2 heterocycles. The van der Waals surface area contributed by atoms with Crippen LogP contribution in [-0.4, -0.2) is 89.8 Å². The van der Waals surface area contributed by atoms with E-state index >= 15 is 0 Å². The second kappa shape index (κ2) is 15.1. The van der Waals surface area contributed by atoms with Crippen molar-refractivity contribution < 1.29 is 41.8 Å². The molecule has 2 aromatic rings. The van der Waals surface area contributed by atoms with Gasteiger partial charge in [-0.05, 0) is 82.0 Å². The normalized spacial score (nSPS) is 19.7. The highest BCUT2D eigenvalue weighted by molar-refractivity contribution is 7.91. The van der Waals surface area contributed by atoms with E-state index in [0.717, 1.165) is 5.39 Å². The predicted octanol–water partition coefficient (Wildman–Crippen LogP) is 3.98. The largest absolute Gasteiger partial charge is 0.494 e. The number of sulfonamides is 1. The Labute approximate surface area is 300 Å². The number of pyridine rings is 1. The van der Waals surface area contributed by atoms with Gasteiger partial charge in [0.2, 0.25) is 27.7 Å². The van der Waals surface area contributed by atoms with Gasteiger partial charge < -0.3 is 29.7 Å². The first-order valence-corrected chi connectivity index (χ1v) is 18.8. The van der Waals surface area contributed by atoms with Crippen molar-refractivity contribution in [3.05, 3.63) is 43.1 Å². The summed E-state index contributed by atoms with van der Waals surface area (Å²) in [7, 11) is -3.94. The summed E-state index contributed by atoms with van der Waals surface area (Å²) in [5, 5.41) is 6.22. The molecule has 2 fully saturated rings. The Bertz CT molecular complexity index is 1760. The fraction of sp³-hybridized carbons (Fsp3) is 0.583. The SMILES string of the molecule is C=C[C@@](CC)(NC(=O)[C@@H]1C[C@@H](Oc2nccc3cc(OCC)ccc23)CN1C(=O)[C@@H](NC(=O)OC(C)(C)C)C(C)(C)C)C(=O)NS(=O)(=O)C1CC1. The Hall–Kier alpha value is -4.40. The molecule has 1 saturated heterocycles. The number of amides is 4. The van der Waals surface area contributed by atoms with Gasteiger partial charge in [-0.15, -0.1) is 6.58 Å². The molecule has 3 N–H and O–H groups in total. The van der Waals surface area contributed by atoms with E-state index in [9.17, 15) is 27.6 Å². The number of rotatable bonds is 13. The Morgan fingerprint density at radius 3 is 2.33 bits per heavy atom.